The zero-order chi connectivity index (χ0) is 28.0. The van der Waals surface area contributed by atoms with Gasteiger partial charge in [0.05, 0.1) is 30.4 Å². The number of aromatic nitrogens is 2. The zero-order valence-electron chi connectivity index (χ0n) is 23.0. The Bertz CT molecular complexity index is 1480. The number of imidazole rings is 1. The van der Waals surface area contributed by atoms with Crippen LogP contribution in [0.4, 0.5) is 5.69 Å². The Balaban J connectivity index is 1.26. The highest BCUT2D eigenvalue weighted by Crippen LogP contribution is 2.35. The van der Waals surface area contributed by atoms with Crippen molar-refractivity contribution in [2.45, 2.75) is 31.0 Å². The molecule has 2 amide bonds. The van der Waals surface area contributed by atoms with Gasteiger partial charge in [-0.05, 0) is 36.2 Å². The summed E-state index contributed by atoms with van der Waals surface area (Å²) in [7, 11) is 3.30. The predicted molar refractivity (Wildman–Crippen MR) is 150 cm³/mol. The number of hydrogen-bond donors (Lipinski definition) is 2. The van der Waals surface area contributed by atoms with Gasteiger partial charge in [-0.2, -0.15) is 0 Å². The largest absolute Gasteiger partial charge is 0.497 e. The van der Waals surface area contributed by atoms with Gasteiger partial charge in [-0.15, -0.1) is 0 Å². The first-order chi connectivity index (χ1) is 19.3. The summed E-state index contributed by atoms with van der Waals surface area (Å²) in [6, 6.07) is 12.2. The molecule has 0 radical (unpaired) electrons. The molecule has 0 spiro atoms. The van der Waals surface area contributed by atoms with Crippen LogP contribution in [0.15, 0.2) is 47.3 Å². The molecule has 40 heavy (non-hydrogen) atoms. The summed E-state index contributed by atoms with van der Waals surface area (Å²) in [4.78, 5) is 45.7. The number of nitrogens with zero attached hydrogens (tertiary/aromatic N) is 5. The molecule has 0 bridgehead atoms. The van der Waals surface area contributed by atoms with E-state index < -0.39 is 11.6 Å². The van der Waals surface area contributed by atoms with Crippen LogP contribution in [0.5, 0.6) is 5.75 Å². The molecule has 3 fully saturated rings. The number of aryl methyl sites for hydroxylation is 1. The van der Waals surface area contributed by atoms with Crippen LogP contribution in [0, 0.1) is 0 Å². The van der Waals surface area contributed by atoms with E-state index in [-0.39, 0.29) is 36.9 Å². The minimum absolute atomic E-state index is 0.141. The number of ether oxygens (including phenoxy) is 1. The lowest BCUT2D eigenvalue weighted by molar-refractivity contribution is -0.151. The van der Waals surface area contributed by atoms with Crippen LogP contribution in [0.1, 0.15) is 24.4 Å². The fourth-order valence-corrected chi connectivity index (χ4v) is 6.33. The van der Waals surface area contributed by atoms with Crippen molar-refractivity contribution < 1.29 is 19.4 Å². The number of carbonyl (C=O) groups is 2. The fourth-order valence-electron chi connectivity index (χ4n) is 6.33. The number of imide groups is 1. The van der Waals surface area contributed by atoms with Gasteiger partial charge in [0.2, 0.25) is 5.91 Å². The maximum absolute atomic E-state index is 13.7. The van der Waals surface area contributed by atoms with E-state index in [0.717, 1.165) is 42.9 Å². The number of anilines is 1. The number of aliphatic hydroxyl groups is 1. The molecule has 2 N–H and O–H groups in total. The summed E-state index contributed by atoms with van der Waals surface area (Å²) >= 11 is 0. The molecule has 4 heterocycles. The Morgan fingerprint density at radius 3 is 2.48 bits per heavy atom. The van der Waals surface area contributed by atoms with E-state index in [1.165, 1.54) is 4.90 Å². The third kappa shape index (κ3) is 4.67. The molecule has 6 rings (SSSR count). The highest BCUT2D eigenvalue weighted by atomic mass is 16.5. The number of fused-ring (bicyclic) bond motifs is 1. The molecule has 1 unspecified atom stereocenters. The van der Waals surface area contributed by atoms with Crippen LogP contribution in [-0.4, -0.2) is 94.4 Å². The number of amides is 2. The van der Waals surface area contributed by atoms with Crippen LogP contribution in [-0.2, 0) is 23.2 Å². The number of hydrogen-bond acceptors (Lipinski definition) is 8. The van der Waals surface area contributed by atoms with Gasteiger partial charge in [-0.25, -0.2) is 4.79 Å². The third-order valence-electron chi connectivity index (χ3n) is 8.42. The van der Waals surface area contributed by atoms with Crippen molar-refractivity contribution in [3.8, 4) is 5.75 Å². The Hall–Kier alpha value is -3.67. The monoisotopic (exact) mass is 548 g/mol. The van der Waals surface area contributed by atoms with Gasteiger partial charge >= 0.3 is 5.69 Å². The Labute approximate surface area is 232 Å². The minimum Gasteiger partial charge on any atom is -0.497 e. The molecule has 0 aliphatic carbocycles. The van der Waals surface area contributed by atoms with E-state index in [2.05, 4.69) is 15.1 Å². The first-order valence-electron chi connectivity index (χ1n) is 13.9. The second-order valence-electron chi connectivity index (χ2n) is 11.2. The number of likely N-dealkylation sites (tertiary alicyclic amines) is 1. The van der Waals surface area contributed by atoms with E-state index in [1.54, 1.807) is 35.4 Å². The summed E-state index contributed by atoms with van der Waals surface area (Å²) < 4.78 is 8.33. The first-order valence-corrected chi connectivity index (χ1v) is 13.9. The second kappa shape index (κ2) is 10.4. The maximum atomic E-state index is 13.7. The standard InChI is InChI=1S/C29H36N6O5/c1-31-26-22(33-18-29(39,19-33)17-32-14-12-30-13-15-32)4-3-5-23(26)35(28(31)38)24-10-11-25(36)34(27(24)37)16-20-6-8-21(40-2)9-7-20/h3-9,24,30,39H,10-19H2,1-2H3. The molecular weight excluding hydrogens is 512 g/mol. The highest BCUT2D eigenvalue weighted by molar-refractivity contribution is 6.00. The van der Waals surface area contributed by atoms with Gasteiger partial charge in [0.1, 0.15) is 17.4 Å². The number of β-amino-alcohol motifs (C(OH)–C–C–N with tert-alkyl or cyclic N) is 1. The van der Waals surface area contributed by atoms with Crippen LogP contribution in [0.2, 0.25) is 0 Å². The lowest BCUT2D eigenvalue weighted by Crippen LogP contribution is -2.67. The summed E-state index contributed by atoms with van der Waals surface area (Å²) in [5, 5.41) is 14.5. The molecule has 0 saturated carbocycles. The van der Waals surface area contributed by atoms with Crippen LogP contribution in [0.25, 0.3) is 11.0 Å². The van der Waals surface area contributed by atoms with Crippen molar-refractivity contribution in [1.82, 2.24) is 24.3 Å². The maximum Gasteiger partial charge on any atom is 0.329 e. The van der Waals surface area contributed by atoms with Gasteiger partial charge in [0.25, 0.3) is 5.91 Å². The van der Waals surface area contributed by atoms with Gasteiger partial charge < -0.3 is 20.1 Å². The van der Waals surface area contributed by atoms with E-state index in [9.17, 15) is 19.5 Å². The Morgan fingerprint density at radius 2 is 1.77 bits per heavy atom. The van der Waals surface area contributed by atoms with Crippen molar-refractivity contribution in [1.29, 1.82) is 0 Å². The molecule has 212 valence electrons. The molecule has 3 saturated heterocycles. The fraction of sp³-hybridized carbons (Fsp3) is 0.483. The minimum atomic E-state index is -0.803. The summed E-state index contributed by atoms with van der Waals surface area (Å²) in [6.07, 6.45) is 0.453. The molecule has 3 aromatic rings. The number of rotatable bonds is 7. The lowest BCUT2D eigenvalue weighted by Gasteiger charge is -2.50. The Kier molecular flexibility index (Phi) is 6.89. The van der Waals surface area contributed by atoms with Crippen molar-refractivity contribution >= 4 is 28.5 Å². The third-order valence-corrected chi connectivity index (χ3v) is 8.42. The van der Waals surface area contributed by atoms with E-state index in [4.69, 9.17) is 4.74 Å². The molecule has 2 aromatic carbocycles. The van der Waals surface area contributed by atoms with Crippen LogP contribution >= 0.6 is 0 Å². The highest BCUT2D eigenvalue weighted by Gasteiger charge is 2.44. The smallest absolute Gasteiger partial charge is 0.329 e. The number of carbonyl (C=O) groups excluding carboxylic acids is 2. The van der Waals surface area contributed by atoms with Gasteiger partial charge in [-0.3, -0.25) is 28.5 Å². The van der Waals surface area contributed by atoms with E-state index in [0.29, 0.717) is 30.9 Å². The van der Waals surface area contributed by atoms with Crippen LogP contribution < -0.4 is 20.6 Å². The summed E-state index contributed by atoms with van der Waals surface area (Å²) in [6.45, 7) is 5.41. The van der Waals surface area contributed by atoms with Crippen molar-refractivity contribution in [2.75, 3.05) is 57.8 Å². The zero-order valence-corrected chi connectivity index (χ0v) is 23.0. The summed E-state index contributed by atoms with van der Waals surface area (Å²) in [5.74, 6) is 0.0808. The average molecular weight is 549 g/mol. The first kappa shape index (κ1) is 26.5. The predicted octanol–water partition coefficient (Wildman–Crippen LogP) is 0.695. The SMILES string of the molecule is COc1ccc(CN2C(=O)CCC(n3c(=O)n(C)c4c(N5CC(O)(CN6CCNCC6)C5)cccc43)C2=O)cc1. The quantitative estimate of drug-likeness (QED) is 0.415. The van der Waals surface area contributed by atoms with E-state index in [1.807, 2.05) is 30.3 Å². The van der Waals surface area contributed by atoms with Crippen molar-refractivity contribution in [3.63, 3.8) is 0 Å². The van der Waals surface area contributed by atoms with Gasteiger partial charge in [0, 0.05) is 59.3 Å². The van der Waals surface area contributed by atoms with E-state index >= 15 is 0 Å². The van der Waals surface area contributed by atoms with Crippen LogP contribution in [0.3, 0.4) is 0 Å². The topological polar surface area (TPSA) is 112 Å². The van der Waals surface area contributed by atoms with Gasteiger partial charge in [0.15, 0.2) is 0 Å². The van der Waals surface area contributed by atoms with Crippen molar-refractivity contribution in [3.05, 3.63) is 58.5 Å². The van der Waals surface area contributed by atoms with Gasteiger partial charge in [-0.1, -0.05) is 18.2 Å². The number of para-hydroxylation sites is 1. The molecular formula is C29H36N6O5. The normalized spacial score (nSPS) is 21.6. The molecule has 1 atom stereocenters. The second-order valence-corrected chi connectivity index (χ2v) is 11.2. The summed E-state index contributed by atoms with van der Waals surface area (Å²) in [5.41, 5.74) is 1.94. The molecule has 3 aliphatic rings. The number of piperazine rings is 1. The number of benzene rings is 2. The lowest BCUT2D eigenvalue weighted by atomic mass is 9.92. The average Bonchev–Trinajstić information content (AvgIpc) is 3.20. The number of piperidine rings is 1. The molecule has 3 aliphatic heterocycles. The number of nitrogens with one attached hydrogen (secondary N) is 1. The molecule has 11 heteroatoms. The molecule has 11 nitrogen and oxygen atoms in total. The number of methoxy groups -OCH3 is 1. The molecule has 1 aromatic heterocycles. The van der Waals surface area contributed by atoms with Crippen molar-refractivity contribution in [2.24, 2.45) is 7.05 Å². The Morgan fingerprint density at radius 1 is 1.05 bits per heavy atom.